The normalized spacial score (nSPS) is 10.3. The van der Waals surface area contributed by atoms with Gasteiger partial charge in [-0.3, -0.25) is 4.79 Å². The molecule has 2 aromatic carbocycles. The lowest BCUT2D eigenvalue weighted by Gasteiger charge is -2.09. The Kier molecular flexibility index (Phi) is 6.61. The third kappa shape index (κ3) is 5.37. The second-order valence-corrected chi connectivity index (χ2v) is 6.00. The molecule has 5 nitrogen and oxygen atoms in total. The summed E-state index contributed by atoms with van der Waals surface area (Å²) in [7, 11) is 1.52. The van der Waals surface area contributed by atoms with E-state index < -0.39 is 0 Å². The molecule has 0 atom stereocenters. The number of hydrogen-bond donors (Lipinski definition) is 1. The topological polar surface area (TPSA) is 71.3 Å². The van der Waals surface area contributed by atoms with E-state index in [0.717, 1.165) is 21.3 Å². The van der Waals surface area contributed by atoms with Crippen LogP contribution in [0, 0.1) is 18.3 Å². The van der Waals surface area contributed by atoms with Crippen molar-refractivity contribution in [1.29, 1.82) is 5.26 Å². The van der Waals surface area contributed by atoms with E-state index >= 15 is 0 Å². The third-order valence-electron chi connectivity index (χ3n) is 3.33. The highest BCUT2D eigenvalue weighted by Gasteiger charge is 2.05. The number of nitriles is 1. The first-order chi connectivity index (χ1) is 12.0. The molecule has 0 heterocycles. The first-order valence-electron chi connectivity index (χ1n) is 7.46. The van der Waals surface area contributed by atoms with E-state index in [1.165, 1.54) is 13.2 Å². The lowest BCUT2D eigenvalue weighted by atomic mass is 10.2. The monoisotopic (exact) mass is 400 g/mol. The van der Waals surface area contributed by atoms with E-state index in [2.05, 4.69) is 21.2 Å². The molecule has 2 rings (SSSR count). The molecule has 0 radical (unpaired) electrons. The summed E-state index contributed by atoms with van der Waals surface area (Å²) < 4.78 is 11.5. The molecule has 0 aliphatic carbocycles. The summed E-state index contributed by atoms with van der Waals surface area (Å²) >= 11 is 3.43. The van der Waals surface area contributed by atoms with Gasteiger partial charge in [0.25, 0.3) is 0 Å². The van der Waals surface area contributed by atoms with Crippen LogP contribution in [0.1, 0.15) is 11.1 Å². The minimum atomic E-state index is -0.231. The molecule has 2 aromatic rings. The van der Waals surface area contributed by atoms with Gasteiger partial charge in [0.2, 0.25) is 5.91 Å². The number of carbonyl (C=O) groups excluding carboxylic acids is 1. The van der Waals surface area contributed by atoms with Gasteiger partial charge in [-0.15, -0.1) is 0 Å². The number of anilines is 1. The van der Waals surface area contributed by atoms with Gasteiger partial charge < -0.3 is 14.8 Å². The molecule has 0 fully saturated rings. The maximum absolute atomic E-state index is 12.0. The quantitative estimate of drug-likeness (QED) is 0.732. The predicted octanol–water partition coefficient (Wildman–Crippen LogP) is 4.32. The number of carbonyl (C=O) groups is 1. The second kappa shape index (κ2) is 8.90. The zero-order chi connectivity index (χ0) is 18.2. The number of benzene rings is 2. The molecule has 0 aliphatic heterocycles. The van der Waals surface area contributed by atoms with E-state index in [1.807, 2.05) is 31.2 Å². The summed E-state index contributed by atoms with van der Waals surface area (Å²) in [5.74, 6) is 0.753. The minimum absolute atomic E-state index is 0.0550. The summed E-state index contributed by atoms with van der Waals surface area (Å²) in [6.07, 6.45) is 3.12. The van der Waals surface area contributed by atoms with Gasteiger partial charge in [-0.25, -0.2) is 0 Å². The van der Waals surface area contributed by atoms with Crippen LogP contribution < -0.4 is 14.8 Å². The van der Waals surface area contributed by atoms with Gasteiger partial charge in [-0.05, 0) is 54.5 Å². The highest BCUT2D eigenvalue weighted by Crippen LogP contribution is 2.28. The predicted molar refractivity (Wildman–Crippen MR) is 101 cm³/mol. The Labute approximate surface area is 155 Å². The summed E-state index contributed by atoms with van der Waals surface area (Å²) in [6.45, 7) is 1.90. The van der Waals surface area contributed by atoms with Crippen molar-refractivity contribution in [1.82, 2.24) is 0 Å². The molecule has 0 saturated carbocycles. The Bertz CT molecular complexity index is 841. The highest BCUT2D eigenvalue weighted by molar-refractivity contribution is 9.10. The fourth-order valence-electron chi connectivity index (χ4n) is 2.10. The Hall–Kier alpha value is -2.78. The molecule has 0 bridgehead atoms. The Morgan fingerprint density at radius 1 is 1.28 bits per heavy atom. The number of amides is 1. The molecule has 1 amide bonds. The van der Waals surface area contributed by atoms with Crippen molar-refractivity contribution in [3.05, 3.63) is 58.1 Å². The van der Waals surface area contributed by atoms with Crippen LogP contribution >= 0.6 is 15.9 Å². The van der Waals surface area contributed by atoms with Crippen molar-refractivity contribution in [2.75, 3.05) is 19.0 Å². The molecule has 0 spiro atoms. The van der Waals surface area contributed by atoms with E-state index in [1.54, 1.807) is 24.3 Å². The van der Waals surface area contributed by atoms with Crippen LogP contribution in [0.15, 0.2) is 46.9 Å². The first-order valence-corrected chi connectivity index (χ1v) is 8.26. The molecule has 1 N–H and O–H groups in total. The fourth-order valence-corrected chi connectivity index (χ4v) is 2.34. The van der Waals surface area contributed by atoms with Crippen molar-refractivity contribution >= 4 is 33.6 Å². The Morgan fingerprint density at radius 3 is 2.76 bits per heavy atom. The van der Waals surface area contributed by atoms with Crippen LogP contribution in [0.2, 0.25) is 0 Å². The summed E-state index contributed by atoms with van der Waals surface area (Å²) in [5.41, 5.74) is 2.55. The van der Waals surface area contributed by atoms with Crippen molar-refractivity contribution in [3.8, 4) is 17.6 Å². The van der Waals surface area contributed by atoms with E-state index in [-0.39, 0.29) is 12.5 Å². The molecule has 0 aliphatic rings. The summed E-state index contributed by atoms with van der Waals surface area (Å²) in [4.78, 5) is 12.0. The summed E-state index contributed by atoms with van der Waals surface area (Å²) in [5, 5.41) is 11.4. The molecule has 0 saturated heterocycles. The van der Waals surface area contributed by atoms with Gasteiger partial charge >= 0.3 is 0 Å². The number of nitrogens with zero attached hydrogens (tertiary/aromatic N) is 1. The van der Waals surface area contributed by atoms with Crippen molar-refractivity contribution in [2.45, 2.75) is 6.92 Å². The van der Waals surface area contributed by atoms with Crippen LogP contribution in [0.3, 0.4) is 0 Å². The van der Waals surface area contributed by atoms with E-state index in [4.69, 9.17) is 14.7 Å². The fraction of sp³-hybridized carbons (Fsp3) is 0.158. The summed E-state index contributed by atoms with van der Waals surface area (Å²) in [6, 6.07) is 12.7. The average Bonchev–Trinajstić information content (AvgIpc) is 2.61. The van der Waals surface area contributed by atoms with Crippen molar-refractivity contribution in [2.24, 2.45) is 0 Å². The van der Waals surface area contributed by atoms with Gasteiger partial charge in [0.1, 0.15) is 6.07 Å². The van der Waals surface area contributed by atoms with Crippen LogP contribution in [-0.2, 0) is 4.79 Å². The average molecular weight is 401 g/mol. The zero-order valence-corrected chi connectivity index (χ0v) is 15.5. The number of halogens is 1. The lowest BCUT2D eigenvalue weighted by molar-refractivity contribution is -0.111. The molecule has 0 aromatic heterocycles. The molecular weight excluding hydrogens is 384 g/mol. The zero-order valence-electron chi connectivity index (χ0n) is 13.9. The van der Waals surface area contributed by atoms with Crippen molar-refractivity contribution in [3.63, 3.8) is 0 Å². The maximum Gasteiger partial charge on any atom is 0.248 e. The van der Waals surface area contributed by atoms with Gasteiger partial charge in [0, 0.05) is 16.2 Å². The molecular formula is C19H17BrN2O3. The van der Waals surface area contributed by atoms with Crippen LogP contribution in [0.4, 0.5) is 5.69 Å². The number of ether oxygens (including phenoxy) is 2. The highest BCUT2D eigenvalue weighted by atomic mass is 79.9. The van der Waals surface area contributed by atoms with Crippen LogP contribution in [0.5, 0.6) is 11.5 Å². The Morgan fingerprint density at radius 2 is 2.08 bits per heavy atom. The molecule has 25 heavy (non-hydrogen) atoms. The number of nitrogens with one attached hydrogen (secondary N) is 1. The molecule has 128 valence electrons. The largest absolute Gasteiger partial charge is 0.493 e. The number of rotatable bonds is 6. The minimum Gasteiger partial charge on any atom is -0.493 e. The number of methoxy groups -OCH3 is 1. The van der Waals surface area contributed by atoms with E-state index in [9.17, 15) is 4.79 Å². The van der Waals surface area contributed by atoms with E-state index in [0.29, 0.717) is 11.5 Å². The van der Waals surface area contributed by atoms with Gasteiger partial charge in [-0.1, -0.05) is 22.0 Å². The first kappa shape index (κ1) is 18.6. The van der Waals surface area contributed by atoms with Gasteiger partial charge in [-0.2, -0.15) is 5.26 Å². The van der Waals surface area contributed by atoms with Crippen LogP contribution in [-0.4, -0.2) is 19.6 Å². The lowest BCUT2D eigenvalue weighted by Crippen LogP contribution is -2.07. The Balaban J connectivity index is 2.06. The smallest absolute Gasteiger partial charge is 0.248 e. The van der Waals surface area contributed by atoms with Crippen LogP contribution in [0.25, 0.3) is 6.08 Å². The SMILES string of the molecule is COc1cc(C=CC(=O)Nc2ccc(Br)c(C)c2)ccc1OCC#N. The maximum atomic E-state index is 12.0. The number of hydrogen-bond acceptors (Lipinski definition) is 4. The standard InChI is InChI=1S/C19H17BrN2O3/c1-13-11-15(5-6-16(13)20)22-19(23)8-4-14-3-7-17(25-10-9-21)18(12-14)24-2/h3-8,11-12H,10H2,1-2H3,(H,22,23). The third-order valence-corrected chi connectivity index (χ3v) is 4.22. The molecule has 6 heteroatoms. The van der Waals surface area contributed by atoms with Crippen molar-refractivity contribution < 1.29 is 14.3 Å². The number of aryl methyl sites for hydroxylation is 1. The second-order valence-electron chi connectivity index (χ2n) is 5.14. The van der Waals surface area contributed by atoms with Gasteiger partial charge in [0.05, 0.1) is 7.11 Å². The van der Waals surface area contributed by atoms with Gasteiger partial charge in [0.15, 0.2) is 18.1 Å². The molecule has 0 unspecified atom stereocenters.